The van der Waals surface area contributed by atoms with Gasteiger partial charge < -0.3 is 24.1 Å². The first-order valence-corrected chi connectivity index (χ1v) is 8.33. The lowest BCUT2D eigenvalue weighted by Crippen LogP contribution is -2.39. The van der Waals surface area contributed by atoms with Crippen LogP contribution in [0.3, 0.4) is 0 Å². The van der Waals surface area contributed by atoms with E-state index < -0.39 is 11.0 Å². The number of fused-ring (bicyclic) bond motifs is 1. The Morgan fingerprint density at radius 1 is 1.24 bits per heavy atom. The van der Waals surface area contributed by atoms with E-state index in [1.54, 1.807) is 4.90 Å². The molecule has 4 heterocycles. The maximum absolute atomic E-state index is 11.5. The van der Waals surface area contributed by atoms with E-state index in [1.807, 2.05) is 4.90 Å². The average Bonchev–Trinajstić information content (AvgIpc) is 3.04. The summed E-state index contributed by atoms with van der Waals surface area (Å²) in [5.74, 6) is 0.234. The third-order valence-electron chi connectivity index (χ3n) is 4.51. The van der Waals surface area contributed by atoms with Crippen molar-refractivity contribution in [3.8, 4) is 0 Å². The minimum atomic E-state index is -0.507. The normalized spacial score (nSPS) is 21.7. The third-order valence-corrected chi connectivity index (χ3v) is 4.51. The molecule has 2 saturated heterocycles. The van der Waals surface area contributed by atoms with Crippen molar-refractivity contribution in [3.05, 3.63) is 16.2 Å². The van der Waals surface area contributed by atoms with Gasteiger partial charge in [-0.05, 0) is 12.8 Å². The van der Waals surface area contributed by atoms with Gasteiger partial charge in [0.1, 0.15) is 0 Å². The molecule has 2 aromatic rings. The number of morpholine rings is 1. The van der Waals surface area contributed by atoms with Gasteiger partial charge in [0.25, 0.3) is 6.01 Å². The zero-order chi connectivity index (χ0) is 17.4. The number of nitro groups is 1. The number of nitrogens with zero attached hydrogens (tertiary/aromatic N) is 5. The fraction of sp³-hybridized carbons (Fsp3) is 0.600. The SMILES string of the molecule is O=[N+]([O-])c1cc2oc(N3CCOCC3)nc2nc1N1CCC[C@@H](O)C1. The first kappa shape index (κ1) is 16.0. The molecule has 25 heavy (non-hydrogen) atoms. The summed E-state index contributed by atoms with van der Waals surface area (Å²) in [6.45, 7) is 3.42. The van der Waals surface area contributed by atoms with E-state index in [0.717, 1.165) is 6.42 Å². The monoisotopic (exact) mass is 349 g/mol. The maximum atomic E-state index is 11.5. The number of piperidine rings is 1. The van der Waals surface area contributed by atoms with Crippen molar-refractivity contribution in [2.75, 3.05) is 49.2 Å². The lowest BCUT2D eigenvalue weighted by atomic mass is 10.1. The summed E-state index contributed by atoms with van der Waals surface area (Å²) in [6.07, 6.45) is 0.945. The van der Waals surface area contributed by atoms with Crippen molar-refractivity contribution in [2.45, 2.75) is 18.9 Å². The highest BCUT2D eigenvalue weighted by atomic mass is 16.6. The molecule has 0 bridgehead atoms. The molecule has 0 radical (unpaired) electrons. The standard InChI is InChI=1S/C15H19N5O5/c21-10-2-1-3-19(9-10)14-11(20(22)23)8-12-13(16-14)17-15(25-12)18-4-6-24-7-5-18/h8,10,21H,1-7,9H2/t10-/m1/s1. The number of aliphatic hydroxyl groups is 1. The zero-order valence-corrected chi connectivity index (χ0v) is 13.6. The molecular weight excluding hydrogens is 330 g/mol. The molecule has 1 atom stereocenters. The lowest BCUT2D eigenvalue weighted by molar-refractivity contribution is -0.384. The summed E-state index contributed by atoms with van der Waals surface area (Å²) in [4.78, 5) is 23.5. The Labute approximate surface area is 143 Å². The number of rotatable bonds is 3. The van der Waals surface area contributed by atoms with E-state index in [2.05, 4.69) is 9.97 Å². The highest BCUT2D eigenvalue weighted by molar-refractivity contribution is 5.78. The summed E-state index contributed by atoms with van der Waals surface area (Å²) in [5, 5.41) is 21.4. The van der Waals surface area contributed by atoms with Crippen molar-refractivity contribution >= 4 is 28.8 Å². The average molecular weight is 349 g/mol. The minimum Gasteiger partial charge on any atom is -0.421 e. The quantitative estimate of drug-likeness (QED) is 0.637. The van der Waals surface area contributed by atoms with E-state index in [0.29, 0.717) is 57.5 Å². The Hall–Kier alpha value is -2.46. The molecule has 0 saturated carbocycles. The molecule has 2 aliphatic rings. The summed E-state index contributed by atoms with van der Waals surface area (Å²) >= 11 is 0. The van der Waals surface area contributed by atoms with Crippen molar-refractivity contribution in [1.29, 1.82) is 0 Å². The Kier molecular flexibility index (Phi) is 4.14. The van der Waals surface area contributed by atoms with Crippen LogP contribution in [0.4, 0.5) is 17.5 Å². The van der Waals surface area contributed by atoms with Gasteiger partial charge in [0.2, 0.25) is 11.5 Å². The summed E-state index contributed by atoms with van der Waals surface area (Å²) in [7, 11) is 0. The van der Waals surface area contributed by atoms with Crippen LogP contribution in [-0.4, -0.2) is 65.5 Å². The minimum absolute atomic E-state index is 0.133. The van der Waals surface area contributed by atoms with Crippen LogP contribution in [0.5, 0.6) is 0 Å². The first-order valence-electron chi connectivity index (χ1n) is 8.33. The van der Waals surface area contributed by atoms with Gasteiger partial charge in [-0.1, -0.05) is 0 Å². The number of hydrogen-bond acceptors (Lipinski definition) is 9. The van der Waals surface area contributed by atoms with Gasteiger partial charge in [0.05, 0.1) is 30.3 Å². The Morgan fingerprint density at radius 3 is 2.76 bits per heavy atom. The van der Waals surface area contributed by atoms with Gasteiger partial charge in [-0.3, -0.25) is 10.1 Å². The van der Waals surface area contributed by atoms with E-state index >= 15 is 0 Å². The molecule has 2 fully saturated rings. The molecule has 0 spiro atoms. The Morgan fingerprint density at radius 2 is 2.04 bits per heavy atom. The highest BCUT2D eigenvalue weighted by Crippen LogP contribution is 2.33. The van der Waals surface area contributed by atoms with Crippen LogP contribution in [0.2, 0.25) is 0 Å². The van der Waals surface area contributed by atoms with Crippen LogP contribution in [0.15, 0.2) is 10.5 Å². The number of β-amino-alcohol motifs (C(OH)–C–C–N with tert-alkyl or cyclic N) is 1. The van der Waals surface area contributed by atoms with E-state index in [1.165, 1.54) is 6.07 Å². The second-order valence-corrected chi connectivity index (χ2v) is 6.25. The summed E-state index contributed by atoms with van der Waals surface area (Å²) in [5.41, 5.74) is 0.489. The van der Waals surface area contributed by atoms with E-state index in [9.17, 15) is 15.2 Å². The van der Waals surface area contributed by atoms with Gasteiger partial charge in [0, 0.05) is 26.2 Å². The fourth-order valence-corrected chi connectivity index (χ4v) is 3.24. The molecule has 4 rings (SSSR count). The number of aromatic nitrogens is 2. The molecule has 10 nitrogen and oxygen atoms in total. The Balaban J connectivity index is 1.73. The van der Waals surface area contributed by atoms with Crippen LogP contribution in [0.1, 0.15) is 12.8 Å². The smallest absolute Gasteiger partial charge is 0.315 e. The van der Waals surface area contributed by atoms with Gasteiger partial charge >= 0.3 is 5.69 Å². The van der Waals surface area contributed by atoms with Crippen LogP contribution >= 0.6 is 0 Å². The number of pyridine rings is 1. The molecule has 1 N–H and O–H groups in total. The van der Waals surface area contributed by atoms with E-state index in [-0.39, 0.29) is 17.1 Å². The number of hydrogen-bond donors (Lipinski definition) is 1. The molecule has 0 aromatic carbocycles. The molecule has 2 aromatic heterocycles. The van der Waals surface area contributed by atoms with Gasteiger partial charge in [-0.25, -0.2) is 4.98 Å². The Bertz CT molecular complexity index is 788. The third kappa shape index (κ3) is 3.10. The number of anilines is 2. The largest absolute Gasteiger partial charge is 0.421 e. The van der Waals surface area contributed by atoms with Crippen LogP contribution in [0, 0.1) is 10.1 Å². The van der Waals surface area contributed by atoms with Crippen LogP contribution in [-0.2, 0) is 4.74 Å². The van der Waals surface area contributed by atoms with Gasteiger partial charge in [-0.2, -0.15) is 4.98 Å². The fourth-order valence-electron chi connectivity index (χ4n) is 3.24. The second-order valence-electron chi connectivity index (χ2n) is 6.25. The van der Waals surface area contributed by atoms with Gasteiger partial charge in [-0.15, -0.1) is 0 Å². The predicted molar refractivity (Wildman–Crippen MR) is 88.9 cm³/mol. The topological polar surface area (TPSA) is 118 Å². The predicted octanol–water partition coefficient (Wildman–Crippen LogP) is 0.929. The van der Waals surface area contributed by atoms with Crippen molar-refractivity contribution in [2.24, 2.45) is 0 Å². The summed E-state index contributed by atoms with van der Waals surface area (Å²) < 4.78 is 11.0. The number of aliphatic hydroxyl groups excluding tert-OH is 1. The highest BCUT2D eigenvalue weighted by Gasteiger charge is 2.29. The van der Waals surface area contributed by atoms with Crippen molar-refractivity contribution in [1.82, 2.24) is 9.97 Å². The molecule has 134 valence electrons. The molecule has 0 unspecified atom stereocenters. The van der Waals surface area contributed by atoms with Crippen molar-refractivity contribution in [3.63, 3.8) is 0 Å². The van der Waals surface area contributed by atoms with Crippen LogP contribution in [0.25, 0.3) is 11.2 Å². The number of ether oxygens (including phenoxy) is 1. The molecule has 0 aliphatic carbocycles. The van der Waals surface area contributed by atoms with E-state index in [4.69, 9.17) is 9.15 Å². The summed E-state index contributed by atoms with van der Waals surface area (Å²) in [6, 6.07) is 1.77. The van der Waals surface area contributed by atoms with Gasteiger partial charge in [0.15, 0.2) is 5.58 Å². The molecule has 10 heteroatoms. The zero-order valence-electron chi connectivity index (χ0n) is 13.6. The second kappa shape index (κ2) is 6.45. The number of oxazole rings is 1. The molecular formula is C15H19N5O5. The van der Waals surface area contributed by atoms with Crippen LogP contribution < -0.4 is 9.80 Å². The molecule has 0 amide bonds. The molecule has 2 aliphatic heterocycles. The lowest BCUT2D eigenvalue weighted by Gasteiger charge is -2.30. The maximum Gasteiger partial charge on any atom is 0.315 e. The van der Waals surface area contributed by atoms with Crippen molar-refractivity contribution < 1.29 is 19.2 Å². The first-order chi connectivity index (χ1) is 12.1.